The lowest BCUT2D eigenvalue weighted by Gasteiger charge is -2.40. The van der Waals surface area contributed by atoms with Crippen LogP contribution in [0.3, 0.4) is 0 Å². The van der Waals surface area contributed by atoms with Crippen LogP contribution in [-0.2, 0) is 4.74 Å². The molecule has 7 heteroatoms. The van der Waals surface area contributed by atoms with Gasteiger partial charge in [-0.1, -0.05) is 12.1 Å². The van der Waals surface area contributed by atoms with E-state index in [2.05, 4.69) is 19.9 Å². The van der Waals surface area contributed by atoms with Gasteiger partial charge in [-0.05, 0) is 31.0 Å². The molecule has 140 valence electrons. The Bertz CT molecular complexity index is 962. The van der Waals surface area contributed by atoms with Crippen molar-refractivity contribution in [2.45, 2.75) is 31.0 Å². The summed E-state index contributed by atoms with van der Waals surface area (Å²) in [4.78, 5) is 14.2. The van der Waals surface area contributed by atoms with E-state index in [1.54, 1.807) is 24.5 Å². The van der Waals surface area contributed by atoms with Crippen molar-refractivity contribution in [1.29, 1.82) is 0 Å². The monoisotopic (exact) mass is 368 g/mol. The van der Waals surface area contributed by atoms with Crippen molar-refractivity contribution in [2.24, 2.45) is 0 Å². The lowest BCUT2D eigenvalue weighted by molar-refractivity contribution is -0.00827. The molecule has 1 spiro atoms. The van der Waals surface area contributed by atoms with Crippen LogP contribution in [0, 0.1) is 5.82 Å². The van der Waals surface area contributed by atoms with Crippen molar-refractivity contribution in [3.63, 3.8) is 0 Å². The number of aromatic nitrogens is 3. The zero-order valence-corrected chi connectivity index (χ0v) is 14.9. The zero-order chi connectivity index (χ0) is 18.3. The lowest BCUT2D eigenvalue weighted by atomic mass is 9.89. The van der Waals surface area contributed by atoms with Gasteiger partial charge < -0.3 is 19.4 Å². The Morgan fingerprint density at radius 3 is 3.11 bits per heavy atom. The van der Waals surface area contributed by atoms with Gasteiger partial charge in [0, 0.05) is 25.7 Å². The Morgan fingerprint density at radius 2 is 2.19 bits per heavy atom. The first-order valence-electron chi connectivity index (χ1n) is 9.31. The van der Waals surface area contributed by atoms with E-state index in [9.17, 15) is 4.39 Å². The molecule has 2 aromatic heterocycles. The van der Waals surface area contributed by atoms with Crippen LogP contribution in [0.25, 0.3) is 11.0 Å². The predicted molar refractivity (Wildman–Crippen MR) is 99.5 cm³/mol. The minimum Gasteiger partial charge on any atom is -0.485 e. The van der Waals surface area contributed by atoms with Gasteiger partial charge in [-0.2, -0.15) is 0 Å². The molecule has 3 aromatic rings. The molecular weight excluding hydrogens is 347 g/mol. The van der Waals surface area contributed by atoms with Gasteiger partial charge in [-0.3, -0.25) is 0 Å². The number of para-hydroxylation sites is 1. The van der Waals surface area contributed by atoms with Crippen LogP contribution in [0.4, 0.5) is 10.2 Å². The van der Waals surface area contributed by atoms with Crippen LogP contribution >= 0.6 is 0 Å². The molecule has 5 rings (SSSR count). The fraction of sp³-hybridized carbons (Fsp3) is 0.400. The summed E-state index contributed by atoms with van der Waals surface area (Å²) in [7, 11) is 0. The van der Waals surface area contributed by atoms with Crippen molar-refractivity contribution < 1.29 is 13.9 Å². The minimum atomic E-state index is -0.334. The molecule has 2 saturated heterocycles. The van der Waals surface area contributed by atoms with E-state index >= 15 is 0 Å². The summed E-state index contributed by atoms with van der Waals surface area (Å²) in [5, 5.41) is 1.02. The standard InChI is InChI=1S/C20H21FN4O2/c21-16-4-1-2-5-17(16)27-14-10-20(26-11-14)7-3-9-25(12-20)19-15-6-8-22-18(15)23-13-24-19/h1-2,4-6,8,13-14H,3,7,9-12H2,(H,22,23,24)/t14-,20-/m1/s1. The minimum absolute atomic E-state index is 0.139. The molecule has 27 heavy (non-hydrogen) atoms. The first-order chi connectivity index (χ1) is 13.2. The Kier molecular flexibility index (Phi) is 3.97. The Balaban J connectivity index is 1.34. The predicted octanol–water partition coefficient (Wildman–Crippen LogP) is 3.30. The van der Waals surface area contributed by atoms with Gasteiger partial charge in [-0.25, -0.2) is 14.4 Å². The SMILES string of the molecule is Fc1ccccc1O[C@H]1CO[C@]2(CCCN(c3ncnc4[nH]ccc34)C2)C1. The quantitative estimate of drug-likeness (QED) is 0.769. The van der Waals surface area contributed by atoms with E-state index in [-0.39, 0.29) is 17.5 Å². The number of anilines is 1. The first kappa shape index (κ1) is 16.5. The number of nitrogens with zero attached hydrogens (tertiary/aromatic N) is 3. The molecule has 2 aliphatic heterocycles. The van der Waals surface area contributed by atoms with E-state index in [0.29, 0.717) is 12.4 Å². The number of ether oxygens (including phenoxy) is 2. The average molecular weight is 368 g/mol. The van der Waals surface area contributed by atoms with Crippen LogP contribution in [0.1, 0.15) is 19.3 Å². The molecule has 1 aromatic carbocycles. The molecule has 2 aliphatic rings. The normalized spacial score (nSPS) is 25.4. The van der Waals surface area contributed by atoms with E-state index in [1.807, 2.05) is 12.3 Å². The summed E-state index contributed by atoms with van der Waals surface area (Å²) in [6, 6.07) is 8.53. The summed E-state index contributed by atoms with van der Waals surface area (Å²) in [5.41, 5.74) is 0.564. The highest BCUT2D eigenvalue weighted by Gasteiger charge is 2.45. The molecule has 6 nitrogen and oxygen atoms in total. The molecule has 0 radical (unpaired) electrons. The van der Waals surface area contributed by atoms with Gasteiger partial charge in [0.1, 0.15) is 23.9 Å². The maximum atomic E-state index is 13.9. The first-order valence-corrected chi connectivity index (χ1v) is 9.31. The summed E-state index contributed by atoms with van der Waals surface area (Å²) in [5.74, 6) is 0.891. The largest absolute Gasteiger partial charge is 0.485 e. The van der Waals surface area contributed by atoms with Gasteiger partial charge in [0.05, 0.1) is 17.6 Å². The zero-order valence-electron chi connectivity index (χ0n) is 14.9. The second-order valence-electron chi connectivity index (χ2n) is 7.33. The fourth-order valence-corrected chi connectivity index (χ4v) is 4.27. The van der Waals surface area contributed by atoms with Gasteiger partial charge in [0.2, 0.25) is 0 Å². The van der Waals surface area contributed by atoms with E-state index in [1.165, 1.54) is 6.07 Å². The summed E-state index contributed by atoms with van der Waals surface area (Å²) in [6.45, 7) is 2.16. The maximum absolute atomic E-state index is 13.9. The summed E-state index contributed by atoms with van der Waals surface area (Å²) < 4.78 is 26.0. The molecule has 0 bridgehead atoms. The van der Waals surface area contributed by atoms with Crippen LogP contribution < -0.4 is 9.64 Å². The van der Waals surface area contributed by atoms with E-state index < -0.39 is 0 Å². The number of nitrogens with one attached hydrogen (secondary N) is 1. The highest BCUT2D eigenvalue weighted by Crippen LogP contribution is 2.38. The molecule has 2 fully saturated rings. The summed E-state index contributed by atoms with van der Waals surface area (Å²) in [6.07, 6.45) is 6.07. The van der Waals surface area contributed by atoms with Crippen LogP contribution in [-0.4, -0.2) is 46.4 Å². The highest BCUT2D eigenvalue weighted by molar-refractivity contribution is 5.87. The number of rotatable bonds is 3. The third kappa shape index (κ3) is 3.02. The Labute approximate surface area is 156 Å². The maximum Gasteiger partial charge on any atom is 0.165 e. The molecule has 0 aliphatic carbocycles. The van der Waals surface area contributed by atoms with Crippen molar-refractivity contribution in [3.8, 4) is 5.75 Å². The van der Waals surface area contributed by atoms with Crippen molar-refractivity contribution in [3.05, 3.63) is 48.7 Å². The van der Waals surface area contributed by atoms with Gasteiger partial charge in [0.25, 0.3) is 0 Å². The number of hydrogen-bond donors (Lipinski definition) is 1. The molecular formula is C20H21FN4O2. The molecule has 4 heterocycles. The van der Waals surface area contributed by atoms with Crippen molar-refractivity contribution in [1.82, 2.24) is 15.0 Å². The molecule has 0 saturated carbocycles. The third-order valence-corrected chi connectivity index (χ3v) is 5.48. The number of fused-ring (bicyclic) bond motifs is 1. The molecule has 0 unspecified atom stereocenters. The van der Waals surface area contributed by atoms with Crippen LogP contribution in [0.5, 0.6) is 5.75 Å². The smallest absolute Gasteiger partial charge is 0.165 e. The van der Waals surface area contributed by atoms with E-state index in [0.717, 1.165) is 49.2 Å². The van der Waals surface area contributed by atoms with Gasteiger partial charge in [-0.15, -0.1) is 0 Å². The van der Waals surface area contributed by atoms with Gasteiger partial charge >= 0.3 is 0 Å². The third-order valence-electron chi connectivity index (χ3n) is 5.48. The Hall–Kier alpha value is -2.67. The molecule has 1 N–H and O–H groups in total. The second kappa shape index (κ2) is 6.49. The molecule has 2 atom stereocenters. The number of H-pyrrole nitrogens is 1. The van der Waals surface area contributed by atoms with Crippen LogP contribution in [0.15, 0.2) is 42.9 Å². The topological polar surface area (TPSA) is 63.3 Å². The van der Waals surface area contributed by atoms with Gasteiger partial charge in [0.15, 0.2) is 11.6 Å². The second-order valence-corrected chi connectivity index (χ2v) is 7.33. The number of hydrogen-bond acceptors (Lipinski definition) is 5. The number of halogens is 1. The summed E-state index contributed by atoms with van der Waals surface area (Å²) >= 11 is 0. The average Bonchev–Trinajstić information content (AvgIpc) is 3.31. The Morgan fingerprint density at radius 1 is 1.26 bits per heavy atom. The number of aromatic amines is 1. The van der Waals surface area contributed by atoms with Crippen LogP contribution in [0.2, 0.25) is 0 Å². The lowest BCUT2D eigenvalue weighted by Crippen LogP contribution is -2.48. The fourth-order valence-electron chi connectivity index (χ4n) is 4.27. The van der Waals surface area contributed by atoms with E-state index in [4.69, 9.17) is 9.47 Å². The van der Waals surface area contributed by atoms with Crippen molar-refractivity contribution in [2.75, 3.05) is 24.6 Å². The van der Waals surface area contributed by atoms with Crippen molar-refractivity contribution >= 4 is 16.9 Å². The molecule has 0 amide bonds. The number of benzene rings is 1. The highest BCUT2D eigenvalue weighted by atomic mass is 19.1. The number of piperidine rings is 1.